The number of rotatable bonds is 7. The number of halogens is 1. The molecule has 1 atom stereocenters. The highest BCUT2D eigenvalue weighted by molar-refractivity contribution is 5.31. The van der Waals surface area contributed by atoms with E-state index in [2.05, 4.69) is 26.1 Å². The van der Waals surface area contributed by atoms with E-state index in [4.69, 9.17) is 4.74 Å². The molecule has 0 saturated carbocycles. The second-order valence-corrected chi connectivity index (χ2v) is 4.91. The standard InChI is InChI=1S/C15H24FNO/c1-5-6-7-14(17-11(2)3)12-8-9-15(18-4)13(16)10-12/h8-11,14,17H,5-7H2,1-4H3. The molecule has 3 heteroatoms. The third-order valence-corrected chi connectivity index (χ3v) is 2.96. The van der Waals surface area contributed by atoms with E-state index in [1.54, 1.807) is 12.1 Å². The third-order valence-electron chi connectivity index (χ3n) is 2.96. The van der Waals surface area contributed by atoms with Crippen molar-refractivity contribution in [1.29, 1.82) is 0 Å². The zero-order valence-corrected chi connectivity index (χ0v) is 11.8. The summed E-state index contributed by atoms with van der Waals surface area (Å²) in [7, 11) is 1.49. The summed E-state index contributed by atoms with van der Waals surface area (Å²) in [6, 6.07) is 5.82. The second-order valence-electron chi connectivity index (χ2n) is 4.91. The fourth-order valence-electron chi connectivity index (χ4n) is 2.06. The van der Waals surface area contributed by atoms with E-state index in [0.717, 1.165) is 24.8 Å². The minimum atomic E-state index is -0.290. The summed E-state index contributed by atoms with van der Waals surface area (Å²) in [5.41, 5.74) is 0.996. The first-order valence-corrected chi connectivity index (χ1v) is 6.68. The van der Waals surface area contributed by atoms with E-state index < -0.39 is 0 Å². The van der Waals surface area contributed by atoms with Crippen molar-refractivity contribution in [2.45, 2.75) is 52.1 Å². The SMILES string of the molecule is CCCCC(NC(C)C)c1ccc(OC)c(F)c1. The number of nitrogens with one attached hydrogen (secondary N) is 1. The van der Waals surface area contributed by atoms with E-state index in [1.165, 1.54) is 7.11 Å². The molecule has 1 rings (SSSR count). The zero-order chi connectivity index (χ0) is 13.5. The van der Waals surface area contributed by atoms with Gasteiger partial charge in [-0.05, 0) is 24.1 Å². The lowest BCUT2D eigenvalue weighted by Crippen LogP contribution is -2.28. The topological polar surface area (TPSA) is 21.3 Å². The lowest BCUT2D eigenvalue weighted by Gasteiger charge is -2.22. The van der Waals surface area contributed by atoms with Crippen molar-refractivity contribution in [2.24, 2.45) is 0 Å². The van der Waals surface area contributed by atoms with Crippen LogP contribution >= 0.6 is 0 Å². The second kappa shape index (κ2) is 7.37. The van der Waals surface area contributed by atoms with Crippen LogP contribution in [0.2, 0.25) is 0 Å². The molecule has 18 heavy (non-hydrogen) atoms. The molecule has 0 aliphatic heterocycles. The number of methoxy groups -OCH3 is 1. The van der Waals surface area contributed by atoms with Crippen LogP contribution in [0, 0.1) is 5.82 Å². The van der Waals surface area contributed by atoms with Crippen molar-refractivity contribution in [1.82, 2.24) is 5.32 Å². The van der Waals surface area contributed by atoms with Crippen LogP contribution in [0.4, 0.5) is 4.39 Å². The van der Waals surface area contributed by atoms with E-state index in [9.17, 15) is 4.39 Å². The van der Waals surface area contributed by atoms with Gasteiger partial charge in [-0.15, -0.1) is 0 Å². The van der Waals surface area contributed by atoms with E-state index in [-0.39, 0.29) is 11.9 Å². The Bertz CT molecular complexity index is 366. The summed E-state index contributed by atoms with van der Waals surface area (Å²) >= 11 is 0. The van der Waals surface area contributed by atoms with Crippen LogP contribution in [-0.2, 0) is 0 Å². The molecule has 0 fully saturated rings. The van der Waals surface area contributed by atoms with Crippen LogP contribution < -0.4 is 10.1 Å². The summed E-state index contributed by atoms with van der Waals surface area (Å²) in [4.78, 5) is 0. The van der Waals surface area contributed by atoms with Crippen LogP contribution in [0.3, 0.4) is 0 Å². The average Bonchev–Trinajstić information content (AvgIpc) is 2.34. The van der Waals surface area contributed by atoms with Gasteiger partial charge in [-0.1, -0.05) is 39.7 Å². The summed E-state index contributed by atoms with van der Waals surface area (Å²) in [5.74, 6) is 0.0135. The van der Waals surface area contributed by atoms with Crippen molar-refractivity contribution in [3.63, 3.8) is 0 Å². The number of unbranched alkanes of at least 4 members (excludes halogenated alkanes) is 1. The number of hydrogen-bond acceptors (Lipinski definition) is 2. The Balaban J connectivity index is 2.86. The maximum atomic E-state index is 13.7. The molecule has 0 radical (unpaired) electrons. The number of hydrogen-bond donors (Lipinski definition) is 1. The number of ether oxygens (including phenoxy) is 1. The quantitative estimate of drug-likeness (QED) is 0.791. The van der Waals surface area contributed by atoms with Crippen LogP contribution in [0.25, 0.3) is 0 Å². The Labute approximate surface area is 110 Å². The smallest absolute Gasteiger partial charge is 0.165 e. The van der Waals surface area contributed by atoms with E-state index in [1.807, 2.05) is 6.07 Å². The average molecular weight is 253 g/mol. The fraction of sp³-hybridized carbons (Fsp3) is 0.600. The molecule has 102 valence electrons. The first kappa shape index (κ1) is 15.0. The molecule has 0 aliphatic rings. The fourth-order valence-corrected chi connectivity index (χ4v) is 2.06. The molecular formula is C15H24FNO. The molecule has 2 nitrogen and oxygen atoms in total. The van der Waals surface area contributed by atoms with Gasteiger partial charge in [0.2, 0.25) is 0 Å². The van der Waals surface area contributed by atoms with Crippen molar-refractivity contribution < 1.29 is 9.13 Å². The lowest BCUT2D eigenvalue weighted by atomic mass is 10.00. The maximum Gasteiger partial charge on any atom is 0.165 e. The van der Waals surface area contributed by atoms with Gasteiger partial charge in [-0.25, -0.2) is 4.39 Å². The van der Waals surface area contributed by atoms with Gasteiger partial charge in [-0.3, -0.25) is 0 Å². The maximum absolute atomic E-state index is 13.7. The Morgan fingerprint density at radius 2 is 2.06 bits per heavy atom. The van der Waals surface area contributed by atoms with Gasteiger partial charge in [-0.2, -0.15) is 0 Å². The molecule has 1 aromatic rings. The molecule has 0 aliphatic carbocycles. The normalized spacial score (nSPS) is 12.8. The van der Waals surface area contributed by atoms with Crippen LogP contribution in [0.15, 0.2) is 18.2 Å². The van der Waals surface area contributed by atoms with Crippen LogP contribution in [-0.4, -0.2) is 13.2 Å². The summed E-state index contributed by atoms with van der Waals surface area (Å²) in [6.07, 6.45) is 3.31. The van der Waals surface area contributed by atoms with Crippen LogP contribution in [0.5, 0.6) is 5.75 Å². The van der Waals surface area contributed by atoms with Crippen molar-refractivity contribution >= 4 is 0 Å². The summed E-state index contributed by atoms with van der Waals surface area (Å²) in [6.45, 7) is 6.39. The van der Waals surface area contributed by atoms with Gasteiger partial charge in [0.1, 0.15) is 0 Å². The Kier molecular flexibility index (Phi) is 6.13. The highest BCUT2D eigenvalue weighted by Gasteiger charge is 2.14. The Hall–Kier alpha value is -1.09. The molecule has 1 aromatic carbocycles. The molecule has 0 saturated heterocycles. The monoisotopic (exact) mass is 253 g/mol. The first-order valence-electron chi connectivity index (χ1n) is 6.68. The predicted octanol–water partition coefficient (Wildman–Crippen LogP) is 4.06. The molecule has 0 spiro atoms. The highest BCUT2D eigenvalue weighted by atomic mass is 19.1. The summed E-state index contributed by atoms with van der Waals surface area (Å²) in [5, 5.41) is 3.49. The zero-order valence-electron chi connectivity index (χ0n) is 11.8. The predicted molar refractivity (Wildman–Crippen MR) is 73.5 cm³/mol. The van der Waals surface area contributed by atoms with E-state index in [0.29, 0.717) is 11.8 Å². The Morgan fingerprint density at radius 1 is 1.33 bits per heavy atom. The molecule has 0 bridgehead atoms. The molecule has 0 heterocycles. The molecule has 0 aromatic heterocycles. The first-order chi connectivity index (χ1) is 8.58. The minimum Gasteiger partial charge on any atom is -0.494 e. The van der Waals surface area contributed by atoms with Crippen molar-refractivity contribution in [2.75, 3.05) is 7.11 Å². The van der Waals surface area contributed by atoms with Gasteiger partial charge in [0.05, 0.1) is 7.11 Å². The molecule has 1 unspecified atom stereocenters. The minimum absolute atomic E-state index is 0.213. The lowest BCUT2D eigenvalue weighted by molar-refractivity contribution is 0.384. The van der Waals surface area contributed by atoms with Gasteiger partial charge in [0.15, 0.2) is 11.6 Å². The van der Waals surface area contributed by atoms with Crippen LogP contribution in [0.1, 0.15) is 51.6 Å². The van der Waals surface area contributed by atoms with Gasteiger partial charge in [0, 0.05) is 12.1 Å². The van der Waals surface area contributed by atoms with Gasteiger partial charge in [0.25, 0.3) is 0 Å². The molecule has 1 N–H and O–H groups in total. The largest absolute Gasteiger partial charge is 0.494 e. The highest BCUT2D eigenvalue weighted by Crippen LogP contribution is 2.25. The Morgan fingerprint density at radius 3 is 2.56 bits per heavy atom. The van der Waals surface area contributed by atoms with Crippen molar-refractivity contribution in [3.8, 4) is 5.75 Å². The van der Waals surface area contributed by atoms with E-state index >= 15 is 0 Å². The molecule has 0 amide bonds. The summed E-state index contributed by atoms with van der Waals surface area (Å²) < 4.78 is 18.7. The number of benzene rings is 1. The molecular weight excluding hydrogens is 229 g/mol. The van der Waals surface area contributed by atoms with Gasteiger partial charge >= 0.3 is 0 Å². The third kappa shape index (κ3) is 4.30. The van der Waals surface area contributed by atoms with Crippen molar-refractivity contribution in [3.05, 3.63) is 29.6 Å². The van der Waals surface area contributed by atoms with Gasteiger partial charge < -0.3 is 10.1 Å².